The predicted octanol–water partition coefficient (Wildman–Crippen LogP) is 4.82. The third-order valence-electron chi connectivity index (χ3n) is 4.74. The zero-order valence-electron chi connectivity index (χ0n) is 16.0. The molecule has 0 aliphatic rings. The average molecular weight is 430 g/mol. The molecular weight excluding hydrogens is 412 g/mol. The summed E-state index contributed by atoms with van der Waals surface area (Å²) in [5, 5.41) is 7.52. The van der Waals surface area contributed by atoms with Crippen molar-refractivity contribution in [1.82, 2.24) is 24.6 Å². The van der Waals surface area contributed by atoms with Crippen LogP contribution in [0.5, 0.6) is 0 Å². The van der Waals surface area contributed by atoms with E-state index in [0.29, 0.717) is 28.2 Å². The van der Waals surface area contributed by atoms with Crippen molar-refractivity contribution in [2.45, 2.75) is 26.1 Å². The molecule has 0 spiro atoms. The number of alkyl halides is 2. The number of hydrogen-bond donors (Lipinski definition) is 1. The lowest BCUT2D eigenvalue weighted by molar-refractivity contribution is 0.0688. The molecule has 2 aromatic carbocycles. The third kappa shape index (κ3) is 3.91. The molecule has 2 aromatic heterocycles. The van der Waals surface area contributed by atoms with Gasteiger partial charge in [0.15, 0.2) is 0 Å². The number of nitrogens with one attached hydrogen (secondary N) is 1. The number of rotatable bonds is 6. The Morgan fingerprint density at radius 1 is 1.17 bits per heavy atom. The Balaban J connectivity index is 1.52. The molecule has 1 atom stereocenters. The lowest BCUT2D eigenvalue weighted by Gasteiger charge is -2.15. The van der Waals surface area contributed by atoms with Gasteiger partial charge in [-0.05, 0) is 30.7 Å². The van der Waals surface area contributed by atoms with Crippen molar-refractivity contribution in [3.63, 3.8) is 0 Å². The summed E-state index contributed by atoms with van der Waals surface area (Å²) >= 11 is 6.16. The minimum atomic E-state index is -2.77. The topological polar surface area (TPSA) is 64.7 Å². The highest BCUT2D eigenvalue weighted by Gasteiger charge is 2.23. The number of aromatic nitrogens is 4. The van der Waals surface area contributed by atoms with E-state index in [-0.39, 0.29) is 5.82 Å². The zero-order chi connectivity index (χ0) is 21.3. The number of para-hydroxylation sites is 2. The van der Waals surface area contributed by atoms with Gasteiger partial charge in [0.1, 0.15) is 5.82 Å². The Labute approximate surface area is 176 Å². The number of nitrogens with zero attached hydrogens (tertiary/aromatic N) is 4. The van der Waals surface area contributed by atoms with Crippen molar-refractivity contribution in [3.05, 3.63) is 82.9 Å². The molecule has 1 unspecified atom stereocenters. The minimum Gasteiger partial charge on any atom is -0.342 e. The summed E-state index contributed by atoms with van der Waals surface area (Å²) in [6.45, 7) is -0.749. The number of amides is 1. The minimum absolute atomic E-state index is 0.0861. The molecule has 0 saturated carbocycles. The molecule has 0 aliphatic heterocycles. The number of carbonyl (C=O) groups is 1. The van der Waals surface area contributed by atoms with Gasteiger partial charge in [-0.25, -0.2) is 4.98 Å². The molecular formula is C21H18ClF2N5O. The van der Waals surface area contributed by atoms with Gasteiger partial charge in [-0.1, -0.05) is 41.9 Å². The summed E-state index contributed by atoms with van der Waals surface area (Å²) in [4.78, 5) is 16.9. The molecule has 4 aromatic rings. The fourth-order valence-electron chi connectivity index (χ4n) is 3.29. The van der Waals surface area contributed by atoms with Crippen LogP contribution in [0.4, 0.5) is 8.78 Å². The highest BCUT2D eigenvalue weighted by molar-refractivity contribution is 6.31. The van der Waals surface area contributed by atoms with Gasteiger partial charge in [-0.3, -0.25) is 14.0 Å². The number of fused-ring (bicyclic) bond motifs is 1. The zero-order valence-corrected chi connectivity index (χ0v) is 16.7. The van der Waals surface area contributed by atoms with Gasteiger partial charge in [-0.2, -0.15) is 13.9 Å². The molecule has 1 amide bonds. The first-order chi connectivity index (χ1) is 14.4. The summed E-state index contributed by atoms with van der Waals surface area (Å²) < 4.78 is 29.7. The Hall–Kier alpha value is -3.26. The Morgan fingerprint density at radius 3 is 2.67 bits per heavy atom. The van der Waals surface area contributed by atoms with Crippen molar-refractivity contribution in [2.24, 2.45) is 0 Å². The molecule has 2 heterocycles. The molecule has 0 radical (unpaired) electrons. The van der Waals surface area contributed by atoms with E-state index in [9.17, 15) is 13.6 Å². The quantitative estimate of drug-likeness (QED) is 0.478. The molecule has 30 heavy (non-hydrogen) atoms. The molecule has 6 nitrogen and oxygen atoms in total. The van der Waals surface area contributed by atoms with Crippen molar-refractivity contribution < 1.29 is 13.6 Å². The van der Waals surface area contributed by atoms with Crippen molar-refractivity contribution in [1.29, 1.82) is 0 Å². The lowest BCUT2D eigenvalue weighted by atomic mass is 10.2. The molecule has 0 bridgehead atoms. The summed E-state index contributed by atoms with van der Waals surface area (Å²) in [7, 11) is 0. The van der Waals surface area contributed by atoms with Crippen LogP contribution in [0.1, 0.15) is 41.3 Å². The molecule has 9 heteroatoms. The lowest BCUT2D eigenvalue weighted by Crippen LogP contribution is -2.28. The second-order valence-corrected chi connectivity index (χ2v) is 7.23. The molecule has 154 valence electrons. The standard InChI is InChI=1S/C21H18ClF2N5O/c1-13(19-27-17-8-4-5-9-18(17)29(19)21(23)24)26-20(30)15-10-25-28(12-15)11-14-6-2-3-7-16(14)22/h2-10,12-13,21H,11H2,1H3,(H,26,30). The van der Waals surface area contributed by atoms with E-state index in [1.165, 1.54) is 6.20 Å². The Kier molecular flexibility index (Phi) is 5.50. The van der Waals surface area contributed by atoms with E-state index in [1.807, 2.05) is 18.2 Å². The largest absolute Gasteiger partial charge is 0.342 e. The molecule has 4 rings (SSSR count). The Morgan fingerprint density at radius 2 is 1.90 bits per heavy atom. The maximum Gasteiger partial charge on any atom is 0.320 e. The van der Waals surface area contributed by atoms with Crippen LogP contribution in [-0.4, -0.2) is 25.2 Å². The van der Waals surface area contributed by atoms with Crippen LogP contribution < -0.4 is 5.32 Å². The maximum atomic E-state index is 13.6. The average Bonchev–Trinajstić information content (AvgIpc) is 3.34. The van der Waals surface area contributed by atoms with E-state index in [4.69, 9.17) is 11.6 Å². The number of imidazole rings is 1. The van der Waals surface area contributed by atoms with E-state index in [0.717, 1.165) is 10.1 Å². The van der Waals surface area contributed by atoms with E-state index >= 15 is 0 Å². The van der Waals surface area contributed by atoms with Gasteiger partial charge >= 0.3 is 6.55 Å². The molecule has 0 saturated heterocycles. The molecule has 0 aliphatic carbocycles. The summed E-state index contributed by atoms with van der Waals surface area (Å²) in [6, 6.07) is 13.3. The van der Waals surface area contributed by atoms with E-state index in [1.54, 1.807) is 48.1 Å². The first-order valence-electron chi connectivity index (χ1n) is 9.26. The number of carbonyl (C=O) groups excluding carboxylic acids is 1. The van der Waals surface area contributed by atoms with E-state index < -0.39 is 18.5 Å². The van der Waals surface area contributed by atoms with Crippen molar-refractivity contribution in [2.75, 3.05) is 0 Å². The second-order valence-electron chi connectivity index (χ2n) is 6.82. The Bertz CT molecular complexity index is 1200. The highest BCUT2D eigenvalue weighted by Crippen LogP contribution is 2.26. The van der Waals surface area contributed by atoms with Gasteiger partial charge in [0, 0.05) is 11.2 Å². The van der Waals surface area contributed by atoms with Crippen LogP contribution in [0.15, 0.2) is 60.9 Å². The summed E-state index contributed by atoms with van der Waals surface area (Å²) in [6.07, 6.45) is 3.01. The molecule has 0 fully saturated rings. The van der Waals surface area contributed by atoms with Crippen LogP contribution in [0.25, 0.3) is 11.0 Å². The fourth-order valence-corrected chi connectivity index (χ4v) is 3.48. The monoisotopic (exact) mass is 429 g/mol. The SMILES string of the molecule is CC(NC(=O)c1cnn(Cc2ccccc2Cl)c1)c1nc2ccccc2n1C(F)F. The van der Waals surface area contributed by atoms with Gasteiger partial charge in [-0.15, -0.1) is 0 Å². The van der Waals surface area contributed by atoms with Crippen LogP contribution in [0.2, 0.25) is 5.02 Å². The van der Waals surface area contributed by atoms with Gasteiger partial charge in [0.05, 0.1) is 35.4 Å². The smallest absolute Gasteiger partial charge is 0.320 e. The van der Waals surface area contributed by atoms with Gasteiger partial charge in [0.2, 0.25) is 0 Å². The third-order valence-corrected chi connectivity index (χ3v) is 5.11. The molecule has 1 N–H and O–H groups in total. The van der Waals surface area contributed by atoms with Gasteiger partial charge < -0.3 is 5.32 Å². The van der Waals surface area contributed by atoms with Crippen LogP contribution in [0.3, 0.4) is 0 Å². The normalized spacial score (nSPS) is 12.4. The highest BCUT2D eigenvalue weighted by atomic mass is 35.5. The van der Waals surface area contributed by atoms with Crippen molar-refractivity contribution >= 4 is 28.5 Å². The second kappa shape index (κ2) is 8.23. The number of hydrogen-bond acceptors (Lipinski definition) is 3. The maximum absolute atomic E-state index is 13.6. The van der Waals surface area contributed by atoms with Crippen LogP contribution in [0, 0.1) is 0 Å². The number of halogens is 3. The fraction of sp³-hybridized carbons (Fsp3) is 0.190. The first-order valence-corrected chi connectivity index (χ1v) is 9.63. The van der Waals surface area contributed by atoms with Gasteiger partial charge in [0.25, 0.3) is 5.91 Å². The predicted molar refractivity (Wildman–Crippen MR) is 110 cm³/mol. The van der Waals surface area contributed by atoms with Crippen molar-refractivity contribution in [3.8, 4) is 0 Å². The van der Waals surface area contributed by atoms with E-state index in [2.05, 4.69) is 15.4 Å². The summed E-state index contributed by atoms with van der Waals surface area (Å²) in [5.41, 5.74) is 1.94. The van der Waals surface area contributed by atoms with Crippen LogP contribution >= 0.6 is 11.6 Å². The van der Waals surface area contributed by atoms with Crippen LogP contribution in [-0.2, 0) is 6.54 Å². The number of benzene rings is 2. The summed E-state index contributed by atoms with van der Waals surface area (Å²) in [5.74, 6) is -0.344. The first kappa shape index (κ1) is 20.0.